The van der Waals surface area contributed by atoms with Gasteiger partial charge in [-0.05, 0) is 19.4 Å². The zero-order valence-electron chi connectivity index (χ0n) is 16.5. The number of carbonyl (C=O) groups excluding carboxylic acids is 3. The third kappa shape index (κ3) is 5.62. The van der Waals surface area contributed by atoms with Crippen molar-refractivity contribution in [2.75, 3.05) is 26.6 Å². The van der Waals surface area contributed by atoms with Gasteiger partial charge in [-0.2, -0.15) is 0 Å². The normalized spacial score (nSPS) is 23.4. The lowest BCUT2D eigenvalue weighted by Gasteiger charge is -2.21. The first-order valence-electron chi connectivity index (χ1n) is 8.98. The van der Waals surface area contributed by atoms with Crippen molar-refractivity contribution in [2.45, 2.75) is 37.3 Å². The van der Waals surface area contributed by atoms with Gasteiger partial charge in [0, 0.05) is 23.3 Å². The molecule has 1 aromatic carbocycles. The van der Waals surface area contributed by atoms with Gasteiger partial charge in [0.2, 0.25) is 5.91 Å². The van der Waals surface area contributed by atoms with Crippen molar-refractivity contribution in [3.63, 3.8) is 0 Å². The number of cyclic esters (lactones) is 1. The van der Waals surface area contributed by atoms with Gasteiger partial charge in [-0.25, -0.2) is 9.59 Å². The molecule has 0 aliphatic carbocycles. The van der Waals surface area contributed by atoms with Crippen LogP contribution in [0.4, 0.5) is 0 Å². The number of benzene rings is 1. The maximum absolute atomic E-state index is 12.8. The largest absolute Gasteiger partial charge is 0.496 e. The SMILES string of the molecule is COC(=O)[C@@H]1CSC(O)c2ccc(OC)c(C)c2C(=O)O[C@H](CO)CCC(=O)N1. The Balaban J connectivity index is 2.46. The molecule has 1 aliphatic rings. The van der Waals surface area contributed by atoms with E-state index >= 15 is 0 Å². The van der Waals surface area contributed by atoms with Gasteiger partial charge < -0.3 is 29.7 Å². The van der Waals surface area contributed by atoms with E-state index in [9.17, 15) is 24.6 Å². The molecular weight excluding hydrogens is 402 g/mol. The summed E-state index contributed by atoms with van der Waals surface area (Å²) in [6.07, 6.45) is -0.923. The topological polar surface area (TPSA) is 131 Å². The average molecular weight is 427 g/mol. The summed E-state index contributed by atoms with van der Waals surface area (Å²) in [6.45, 7) is 1.18. The van der Waals surface area contributed by atoms with Crippen LogP contribution in [-0.2, 0) is 19.1 Å². The highest BCUT2D eigenvalue weighted by molar-refractivity contribution is 7.99. The first-order chi connectivity index (χ1) is 13.8. The third-order valence-electron chi connectivity index (χ3n) is 4.55. The number of nitrogens with one attached hydrogen (secondary N) is 1. The van der Waals surface area contributed by atoms with Crippen LogP contribution >= 0.6 is 11.8 Å². The number of fused-ring (bicyclic) bond motifs is 1. The van der Waals surface area contributed by atoms with Crippen molar-refractivity contribution in [1.29, 1.82) is 0 Å². The Morgan fingerprint density at radius 3 is 2.69 bits per heavy atom. The highest BCUT2D eigenvalue weighted by atomic mass is 32.2. The van der Waals surface area contributed by atoms with Crippen molar-refractivity contribution in [2.24, 2.45) is 0 Å². The van der Waals surface area contributed by atoms with Crippen molar-refractivity contribution in [3.8, 4) is 5.75 Å². The van der Waals surface area contributed by atoms with E-state index in [4.69, 9.17) is 14.2 Å². The Morgan fingerprint density at radius 1 is 1.34 bits per heavy atom. The fourth-order valence-corrected chi connectivity index (χ4v) is 3.93. The summed E-state index contributed by atoms with van der Waals surface area (Å²) in [5.74, 6) is -1.38. The van der Waals surface area contributed by atoms with E-state index in [-0.39, 0.29) is 29.7 Å². The van der Waals surface area contributed by atoms with Crippen LogP contribution in [-0.4, -0.2) is 66.8 Å². The van der Waals surface area contributed by atoms with Crippen LogP contribution < -0.4 is 10.1 Å². The summed E-state index contributed by atoms with van der Waals surface area (Å²) < 4.78 is 15.3. The number of thioether (sulfide) groups is 1. The number of carbonyl (C=O) groups is 3. The molecule has 0 bridgehead atoms. The lowest BCUT2D eigenvalue weighted by atomic mass is 10.0. The van der Waals surface area contributed by atoms with Crippen molar-refractivity contribution in [1.82, 2.24) is 5.32 Å². The third-order valence-corrected chi connectivity index (χ3v) is 5.65. The number of amides is 1. The Hall–Kier alpha value is -2.30. The van der Waals surface area contributed by atoms with Crippen LogP contribution in [0.1, 0.15) is 39.8 Å². The van der Waals surface area contributed by atoms with E-state index in [1.807, 2.05) is 0 Å². The molecule has 1 heterocycles. The summed E-state index contributed by atoms with van der Waals surface area (Å²) in [5, 5.41) is 22.8. The summed E-state index contributed by atoms with van der Waals surface area (Å²) in [6, 6.07) is 2.19. The molecular formula is C19H25NO8S. The standard InChI is InChI=1S/C19H25NO8S/c1-10-14(26-2)6-5-12-16(10)18(24)28-11(8-21)4-7-15(22)20-13(17(23)27-3)9-29-19(12)25/h5-6,11,13,19,21,25H,4,7-9H2,1-3H3,(H,20,22)/t11-,13-,19?/m0/s1. The van der Waals surface area contributed by atoms with Crippen LogP contribution in [0.2, 0.25) is 0 Å². The molecule has 29 heavy (non-hydrogen) atoms. The Kier molecular flexibility index (Phi) is 8.30. The molecule has 1 unspecified atom stereocenters. The predicted octanol–water partition coefficient (Wildman–Crippen LogP) is 0.697. The van der Waals surface area contributed by atoms with Crippen molar-refractivity contribution in [3.05, 3.63) is 28.8 Å². The van der Waals surface area contributed by atoms with Gasteiger partial charge in [0.25, 0.3) is 0 Å². The van der Waals surface area contributed by atoms with Gasteiger partial charge in [0.15, 0.2) is 0 Å². The predicted molar refractivity (Wildman–Crippen MR) is 105 cm³/mol. The molecule has 1 aromatic rings. The fourth-order valence-electron chi connectivity index (χ4n) is 2.96. The summed E-state index contributed by atoms with van der Waals surface area (Å²) in [5.41, 5.74) is -0.306. The highest BCUT2D eigenvalue weighted by Crippen LogP contribution is 2.35. The van der Waals surface area contributed by atoms with Crippen LogP contribution in [0.5, 0.6) is 5.75 Å². The molecule has 0 saturated carbocycles. The van der Waals surface area contributed by atoms with Crippen molar-refractivity contribution >= 4 is 29.6 Å². The van der Waals surface area contributed by atoms with E-state index in [1.165, 1.54) is 14.2 Å². The number of hydrogen-bond donors (Lipinski definition) is 3. The minimum Gasteiger partial charge on any atom is -0.496 e. The molecule has 1 amide bonds. The molecule has 0 saturated heterocycles. The monoisotopic (exact) mass is 427 g/mol. The Labute approximate surface area is 172 Å². The molecule has 0 aromatic heterocycles. The van der Waals surface area contributed by atoms with Crippen LogP contribution in [0, 0.1) is 6.92 Å². The summed E-state index contributed by atoms with van der Waals surface area (Å²) in [4.78, 5) is 37.0. The molecule has 10 heteroatoms. The lowest BCUT2D eigenvalue weighted by molar-refractivity contribution is -0.144. The number of aliphatic hydroxyl groups is 2. The molecule has 0 radical (unpaired) electrons. The average Bonchev–Trinajstić information content (AvgIpc) is 2.72. The fraction of sp³-hybridized carbons (Fsp3) is 0.526. The van der Waals surface area contributed by atoms with E-state index in [1.54, 1.807) is 19.1 Å². The quantitative estimate of drug-likeness (QED) is 0.596. The second-order valence-corrected chi connectivity index (χ2v) is 7.55. The van der Waals surface area contributed by atoms with Gasteiger partial charge in [-0.1, -0.05) is 6.07 Å². The van der Waals surface area contributed by atoms with Gasteiger partial charge in [-0.3, -0.25) is 4.79 Å². The highest BCUT2D eigenvalue weighted by Gasteiger charge is 2.29. The zero-order chi connectivity index (χ0) is 21.6. The number of methoxy groups -OCH3 is 2. The molecule has 0 spiro atoms. The molecule has 3 atom stereocenters. The minimum absolute atomic E-state index is 0.0303. The first kappa shape index (κ1) is 23.0. The summed E-state index contributed by atoms with van der Waals surface area (Å²) in [7, 11) is 2.66. The van der Waals surface area contributed by atoms with Gasteiger partial charge >= 0.3 is 11.9 Å². The molecule has 9 nitrogen and oxygen atoms in total. The van der Waals surface area contributed by atoms with E-state index in [0.29, 0.717) is 11.3 Å². The maximum atomic E-state index is 12.8. The lowest BCUT2D eigenvalue weighted by Crippen LogP contribution is -2.43. The number of ether oxygens (including phenoxy) is 3. The summed E-state index contributed by atoms with van der Waals surface area (Å²) >= 11 is 0.967. The Morgan fingerprint density at radius 2 is 2.07 bits per heavy atom. The van der Waals surface area contributed by atoms with Gasteiger partial charge in [0.05, 0.1) is 26.4 Å². The van der Waals surface area contributed by atoms with Crippen LogP contribution in [0.25, 0.3) is 0 Å². The molecule has 3 N–H and O–H groups in total. The van der Waals surface area contributed by atoms with E-state index in [2.05, 4.69) is 5.32 Å². The van der Waals surface area contributed by atoms with Crippen LogP contribution in [0.3, 0.4) is 0 Å². The zero-order valence-corrected chi connectivity index (χ0v) is 17.3. The first-order valence-corrected chi connectivity index (χ1v) is 10.0. The smallest absolute Gasteiger partial charge is 0.339 e. The van der Waals surface area contributed by atoms with Gasteiger partial charge in [-0.15, -0.1) is 11.8 Å². The van der Waals surface area contributed by atoms with Crippen molar-refractivity contribution < 1.29 is 38.8 Å². The minimum atomic E-state index is -1.18. The van der Waals surface area contributed by atoms with Gasteiger partial charge in [0.1, 0.15) is 23.3 Å². The number of esters is 2. The second-order valence-electron chi connectivity index (χ2n) is 6.43. The van der Waals surface area contributed by atoms with Crippen LogP contribution in [0.15, 0.2) is 12.1 Å². The number of aliphatic hydroxyl groups excluding tert-OH is 2. The van der Waals surface area contributed by atoms with E-state index in [0.717, 1.165) is 11.8 Å². The molecule has 160 valence electrons. The maximum Gasteiger partial charge on any atom is 0.339 e. The molecule has 1 aliphatic heterocycles. The molecule has 2 rings (SSSR count). The number of hydrogen-bond acceptors (Lipinski definition) is 9. The second kappa shape index (κ2) is 10.5. The Bertz CT molecular complexity index is 769. The van der Waals surface area contributed by atoms with E-state index < -0.39 is 42.0 Å². The number of rotatable bonds is 3. The molecule has 0 fully saturated rings.